The van der Waals surface area contributed by atoms with Crippen molar-refractivity contribution in [2.24, 2.45) is 0 Å². The third-order valence-corrected chi connectivity index (χ3v) is 4.09. The van der Waals surface area contributed by atoms with Crippen molar-refractivity contribution in [1.29, 1.82) is 0 Å². The second-order valence-electron chi connectivity index (χ2n) is 5.85. The molecule has 0 spiro atoms. The molecule has 0 bridgehead atoms. The number of carbonyl (C=O) groups is 1. The number of fused-ring (bicyclic) bond motifs is 1. The van der Waals surface area contributed by atoms with Gasteiger partial charge in [-0.2, -0.15) is 0 Å². The van der Waals surface area contributed by atoms with Crippen LogP contribution in [-0.2, 0) is 0 Å². The maximum atomic E-state index is 12.9. The molecule has 0 fully saturated rings. The second kappa shape index (κ2) is 7.43. The minimum atomic E-state index is -0.262. The van der Waals surface area contributed by atoms with Crippen LogP contribution in [-0.4, -0.2) is 40.0 Å². The summed E-state index contributed by atoms with van der Waals surface area (Å²) >= 11 is 0. The smallest absolute Gasteiger partial charge is 0.326 e. The Morgan fingerprint density at radius 3 is 2.38 bits per heavy atom. The Morgan fingerprint density at radius 1 is 1.12 bits per heavy atom. The Balaban J connectivity index is 1.89. The highest BCUT2D eigenvalue weighted by molar-refractivity contribution is 6.03. The monoisotopic (exact) mass is 358 g/mol. The summed E-state index contributed by atoms with van der Waals surface area (Å²) in [6.07, 6.45) is -0.101. The standard InChI is InChI=1S/C19H22N2O5/c1-12-11-21(14-7-5-6-8-15(14)26-12)19(22)20-13-9-16(23-2)18(25-4)17(10-13)24-3/h5-10,12H,11H2,1-4H3,(H,20,22)/t12-/m1/s1. The molecular formula is C19H22N2O5. The van der Waals surface area contributed by atoms with Crippen LogP contribution in [0.15, 0.2) is 36.4 Å². The zero-order chi connectivity index (χ0) is 18.7. The van der Waals surface area contributed by atoms with E-state index >= 15 is 0 Å². The van der Waals surface area contributed by atoms with Crippen molar-refractivity contribution in [3.63, 3.8) is 0 Å². The molecule has 1 aliphatic heterocycles. The Bertz CT molecular complexity index is 783. The highest BCUT2D eigenvalue weighted by Gasteiger charge is 2.27. The van der Waals surface area contributed by atoms with Crippen LogP contribution in [0.1, 0.15) is 6.92 Å². The number of methoxy groups -OCH3 is 3. The van der Waals surface area contributed by atoms with Gasteiger partial charge in [0.2, 0.25) is 5.75 Å². The zero-order valence-corrected chi connectivity index (χ0v) is 15.2. The molecule has 2 amide bonds. The number of rotatable bonds is 4. The molecule has 3 rings (SSSR count). The van der Waals surface area contributed by atoms with E-state index in [4.69, 9.17) is 18.9 Å². The van der Waals surface area contributed by atoms with Gasteiger partial charge in [0.05, 0.1) is 39.2 Å². The maximum Gasteiger partial charge on any atom is 0.326 e. The van der Waals surface area contributed by atoms with Crippen LogP contribution in [0.25, 0.3) is 0 Å². The van der Waals surface area contributed by atoms with Crippen LogP contribution in [0.5, 0.6) is 23.0 Å². The van der Waals surface area contributed by atoms with Gasteiger partial charge in [-0.25, -0.2) is 4.79 Å². The van der Waals surface area contributed by atoms with Crippen molar-refractivity contribution in [3.05, 3.63) is 36.4 Å². The molecule has 0 saturated carbocycles. The fraction of sp³-hybridized carbons (Fsp3) is 0.316. The number of benzene rings is 2. The third kappa shape index (κ3) is 3.33. The van der Waals surface area contributed by atoms with Crippen LogP contribution >= 0.6 is 0 Å². The Morgan fingerprint density at radius 2 is 1.77 bits per heavy atom. The van der Waals surface area contributed by atoms with Gasteiger partial charge in [0.25, 0.3) is 0 Å². The van der Waals surface area contributed by atoms with E-state index in [0.717, 1.165) is 5.69 Å². The van der Waals surface area contributed by atoms with Crippen molar-refractivity contribution in [2.75, 3.05) is 38.1 Å². The average molecular weight is 358 g/mol. The fourth-order valence-corrected chi connectivity index (χ4v) is 2.93. The fourth-order valence-electron chi connectivity index (χ4n) is 2.93. The number of urea groups is 1. The number of nitrogens with zero attached hydrogens (tertiary/aromatic N) is 1. The highest BCUT2D eigenvalue weighted by Crippen LogP contribution is 2.40. The van der Waals surface area contributed by atoms with Gasteiger partial charge >= 0.3 is 6.03 Å². The van der Waals surface area contributed by atoms with Crippen molar-refractivity contribution in [2.45, 2.75) is 13.0 Å². The number of hydrogen-bond acceptors (Lipinski definition) is 5. The summed E-state index contributed by atoms with van der Waals surface area (Å²) < 4.78 is 21.8. The summed E-state index contributed by atoms with van der Waals surface area (Å²) in [6.45, 7) is 2.38. The van der Waals surface area contributed by atoms with E-state index in [2.05, 4.69) is 5.32 Å². The lowest BCUT2D eigenvalue weighted by Crippen LogP contribution is -2.44. The lowest BCUT2D eigenvalue weighted by atomic mass is 10.2. The summed E-state index contributed by atoms with van der Waals surface area (Å²) in [5.74, 6) is 2.10. The first kappa shape index (κ1) is 17.7. The van der Waals surface area contributed by atoms with E-state index in [0.29, 0.717) is 35.2 Å². The molecule has 7 nitrogen and oxygen atoms in total. The molecule has 2 aromatic rings. The van der Waals surface area contributed by atoms with Crippen molar-refractivity contribution < 1.29 is 23.7 Å². The lowest BCUT2D eigenvalue weighted by molar-refractivity contribution is 0.208. The summed E-state index contributed by atoms with van der Waals surface area (Å²) in [4.78, 5) is 14.5. The molecule has 1 aliphatic rings. The van der Waals surface area contributed by atoms with Crippen LogP contribution < -0.4 is 29.2 Å². The molecule has 1 N–H and O–H groups in total. The van der Waals surface area contributed by atoms with Crippen LogP contribution in [0.2, 0.25) is 0 Å². The number of hydrogen-bond donors (Lipinski definition) is 1. The number of para-hydroxylation sites is 2. The summed E-state index contributed by atoms with van der Waals surface area (Å²) in [5, 5.41) is 2.89. The van der Waals surface area contributed by atoms with E-state index in [1.165, 1.54) is 21.3 Å². The van der Waals surface area contributed by atoms with Gasteiger partial charge in [-0.05, 0) is 19.1 Å². The number of ether oxygens (including phenoxy) is 4. The summed E-state index contributed by atoms with van der Waals surface area (Å²) in [6, 6.07) is 10.6. The summed E-state index contributed by atoms with van der Waals surface area (Å²) in [5.41, 5.74) is 1.27. The topological polar surface area (TPSA) is 69.3 Å². The van der Waals surface area contributed by atoms with Gasteiger partial charge in [-0.3, -0.25) is 4.90 Å². The van der Waals surface area contributed by atoms with Gasteiger partial charge in [0, 0.05) is 12.1 Å². The first-order valence-corrected chi connectivity index (χ1v) is 8.21. The zero-order valence-electron chi connectivity index (χ0n) is 15.2. The predicted octanol–water partition coefficient (Wildman–Crippen LogP) is 3.53. The normalized spacial score (nSPS) is 15.5. The molecule has 0 aliphatic carbocycles. The number of nitrogens with one attached hydrogen (secondary N) is 1. The molecule has 0 aromatic heterocycles. The Hall–Kier alpha value is -3.09. The van der Waals surface area contributed by atoms with Crippen molar-refractivity contribution >= 4 is 17.4 Å². The van der Waals surface area contributed by atoms with Crippen LogP contribution in [0, 0.1) is 0 Å². The highest BCUT2D eigenvalue weighted by atomic mass is 16.5. The lowest BCUT2D eigenvalue weighted by Gasteiger charge is -2.33. The maximum absolute atomic E-state index is 12.9. The van der Waals surface area contributed by atoms with Gasteiger partial charge in [-0.1, -0.05) is 12.1 Å². The van der Waals surface area contributed by atoms with Crippen LogP contribution in [0.3, 0.4) is 0 Å². The first-order chi connectivity index (χ1) is 12.6. The van der Waals surface area contributed by atoms with Crippen molar-refractivity contribution in [3.8, 4) is 23.0 Å². The molecule has 138 valence electrons. The molecule has 0 radical (unpaired) electrons. The van der Waals surface area contributed by atoms with Crippen molar-refractivity contribution in [1.82, 2.24) is 0 Å². The van der Waals surface area contributed by atoms with E-state index in [-0.39, 0.29) is 12.1 Å². The van der Waals surface area contributed by atoms with Gasteiger partial charge < -0.3 is 24.3 Å². The summed E-state index contributed by atoms with van der Waals surface area (Å²) in [7, 11) is 4.59. The van der Waals surface area contributed by atoms with Gasteiger partial charge in [-0.15, -0.1) is 0 Å². The molecule has 0 unspecified atom stereocenters. The predicted molar refractivity (Wildman–Crippen MR) is 99.0 cm³/mol. The molecule has 1 heterocycles. The molecule has 1 atom stereocenters. The number of amides is 2. The van der Waals surface area contributed by atoms with Gasteiger partial charge in [0.15, 0.2) is 11.5 Å². The quantitative estimate of drug-likeness (QED) is 0.905. The number of carbonyl (C=O) groups excluding carboxylic acids is 1. The van der Waals surface area contributed by atoms with E-state index in [9.17, 15) is 4.79 Å². The first-order valence-electron chi connectivity index (χ1n) is 8.21. The number of anilines is 2. The average Bonchev–Trinajstić information content (AvgIpc) is 2.66. The Labute approximate surface area is 152 Å². The minimum Gasteiger partial charge on any atom is -0.493 e. The molecule has 26 heavy (non-hydrogen) atoms. The van der Waals surface area contributed by atoms with E-state index in [1.807, 2.05) is 31.2 Å². The van der Waals surface area contributed by atoms with Gasteiger partial charge in [0.1, 0.15) is 11.9 Å². The van der Waals surface area contributed by atoms with E-state index < -0.39 is 0 Å². The Kier molecular flexibility index (Phi) is 5.06. The molecule has 7 heteroatoms. The second-order valence-corrected chi connectivity index (χ2v) is 5.85. The third-order valence-electron chi connectivity index (χ3n) is 4.09. The minimum absolute atomic E-state index is 0.101. The largest absolute Gasteiger partial charge is 0.493 e. The molecular weight excluding hydrogens is 336 g/mol. The van der Waals surface area contributed by atoms with E-state index in [1.54, 1.807) is 17.0 Å². The molecule has 2 aromatic carbocycles. The molecule has 0 saturated heterocycles. The van der Waals surface area contributed by atoms with Crippen LogP contribution in [0.4, 0.5) is 16.2 Å². The SMILES string of the molecule is COc1cc(NC(=O)N2C[C@@H](C)Oc3ccccc32)cc(OC)c1OC.